The molecule has 0 aliphatic carbocycles. The van der Waals surface area contributed by atoms with Gasteiger partial charge in [0.05, 0.1) is 13.1 Å². The second kappa shape index (κ2) is 4.94. The summed E-state index contributed by atoms with van der Waals surface area (Å²) in [5, 5.41) is 6.18. The molecule has 0 bridgehead atoms. The van der Waals surface area contributed by atoms with Gasteiger partial charge in [0.1, 0.15) is 6.29 Å². The van der Waals surface area contributed by atoms with Gasteiger partial charge in [-0.05, 0) is 0 Å². The van der Waals surface area contributed by atoms with Crippen molar-refractivity contribution in [1.29, 1.82) is 0 Å². The smallest absolute Gasteiger partial charge is 0.236 e. The molecule has 1 amide bonds. The molecule has 1 aliphatic rings. The predicted molar refractivity (Wildman–Crippen MR) is 48.4 cm³/mol. The third-order valence-electron chi connectivity index (χ3n) is 2.10. The Bertz CT molecular complexity index is 192. The van der Waals surface area contributed by atoms with Crippen LogP contribution in [-0.4, -0.2) is 56.4 Å². The highest BCUT2D eigenvalue weighted by atomic mass is 16.2. The molecule has 2 N–H and O–H groups in total. The molecule has 0 aromatic heterocycles. The van der Waals surface area contributed by atoms with Crippen LogP contribution in [0, 0.1) is 0 Å². The van der Waals surface area contributed by atoms with E-state index in [1.807, 2.05) is 0 Å². The molecule has 0 saturated carbocycles. The van der Waals surface area contributed by atoms with Crippen molar-refractivity contribution in [3.8, 4) is 0 Å². The van der Waals surface area contributed by atoms with Crippen LogP contribution in [0.3, 0.4) is 0 Å². The molecule has 5 nitrogen and oxygen atoms in total. The summed E-state index contributed by atoms with van der Waals surface area (Å²) in [4.78, 5) is 22.8. The van der Waals surface area contributed by atoms with Crippen molar-refractivity contribution in [2.45, 2.75) is 6.04 Å². The minimum atomic E-state index is -0.0426. The maximum atomic E-state index is 11.3. The quantitative estimate of drug-likeness (QED) is 0.496. The van der Waals surface area contributed by atoms with E-state index in [4.69, 9.17) is 0 Å². The number of aldehydes is 1. The van der Waals surface area contributed by atoms with Crippen LogP contribution >= 0.6 is 0 Å². The molecule has 0 unspecified atom stereocenters. The summed E-state index contributed by atoms with van der Waals surface area (Å²) < 4.78 is 0. The van der Waals surface area contributed by atoms with Gasteiger partial charge in [-0.25, -0.2) is 0 Å². The van der Waals surface area contributed by atoms with Crippen molar-refractivity contribution in [2.75, 3.05) is 33.2 Å². The van der Waals surface area contributed by atoms with E-state index >= 15 is 0 Å². The Kier molecular flexibility index (Phi) is 3.85. The first-order valence-corrected chi connectivity index (χ1v) is 4.35. The second-order valence-electron chi connectivity index (χ2n) is 3.18. The van der Waals surface area contributed by atoms with Gasteiger partial charge < -0.3 is 20.3 Å². The van der Waals surface area contributed by atoms with Crippen LogP contribution in [0.5, 0.6) is 0 Å². The van der Waals surface area contributed by atoms with E-state index in [2.05, 4.69) is 10.6 Å². The monoisotopic (exact) mass is 185 g/mol. The average molecular weight is 185 g/mol. The molecule has 5 heteroatoms. The van der Waals surface area contributed by atoms with Crippen LogP contribution in [0.15, 0.2) is 0 Å². The van der Waals surface area contributed by atoms with Crippen LogP contribution in [-0.2, 0) is 9.59 Å². The zero-order chi connectivity index (χ0) is 9.68. The summed E-state index contributed by atoms with van der Waals surface area (Å²) >= 11 is 0. The Hall–Kier alpha value is -0.940. The second-order valence-corrected chi connectivity index (χ2v) is 3.18. The van der Waals surface area contributed by atoms with E-state index < -0.39 is 0 Å². The van der Waals surface area contributed by atoms with E-state index in [9.17, 15) is 9.59 Å². The summed E-state index contributed by atoms with van der Waals surface area (Å²) in [6.07, 6.45) is 0.725. The van der Waals surface area contributed by atoms with Crippen molar-refractivity contribution in [3.05, 3.63) is 0 Å². The molecular formula is C8H15N3O2. The fourth-order valence-electron chi connectivity index (χ4n) is 1.01. The van der Waals surface area contributed by atoms with Crippen molar-refractivity contribution < 1.29 is 9.59 Å². The van der Waals surface area contributed by atoms with Crippen molar-refractivity contribution in [1.82, 2.24) is 15.5 Å². The lowest BCUT2D eigenvalue weighted by molar-refractivity contribution is -0.131. The van der Waals surface area contributed by atoms with Crippen LogP contribution in [0.4, 0.5) is 0 Å². The lowest BCUT2D eigenvalue weighted by atomic mass is 10.2. The van der Waals surface area contributed by atoms with Crippen molar-refractivity contribution >= 4 is 12.2 Å². The first-order chi connectivity index (χ1) is 6.24. The lowest BCUT2D eigenvalue weighted by Crippen LogP contribution is -2.57. The molecule has 0 spiro atoms. The number of rotatable bonds is 5. The van der Waals surface area contributed by atoms with Gasteiger partial charge in [0.25, 0.3) is 0 Å². The number of hydrogen-bond donors (Lipinski definition) is 2. The van der Waals surface area contributed by atoms with Crippen LogP contribution in [0.25, 0.3) is 0 Å². The molecule has 0 aromatic rings. The van der Waals surface area contributed by atoms with Gasteiger partial charge >= 0.3 is 0 Å². The summed E-state index contributed by atoms with van der Waals surface area (Å²) in [5.74, 6) is -0.0426. The third kappa shape index (κ3) is 3.12. The highest BCUT2D eigenvalue weighted by molar-refractivity contribution is 5.80. The Morgan fingerprint density at radius 1 is 1.69 bits per heavy atom. The third-order valence-corrected chi connectivity index (χ3v) is 2.10. The minimum Gasteiger partial charge on any atom is -0.338 e. The van der Waals surface area contributed by atoms with Crippen LogP contribution in [0.1, 0.15) is 0 Å². The fourth-order valence-corrected chi connectivity index (χ4v) is 1.01. The van der Waals surface area contributed by atoms with Gasteiger partial charge in [-0.15, -0.1) is 0 Å². The zero-order valence-electron chi connectivity index (χ0n) is 7.75. The molecule has 1 rings (SSSR count). The molecule has 0 radical (unpaired) electrons. The first-order valence-electron chi connectivity index (χ1n) is 4.35. The van der Waals surface area contributed by atoms with Crippen molar-refractivity contribution in [2.24, 2.45) is 0 Å². The number of hydrogen-bond acceptors (Lipinski definition) is 4. The molecule has 1 heterocycles. The van der Waals surface area contributed by atoms with E-state index in [1.54, 1.807) is 7.05 Å². The highest BCUT2D eigenvalue weighted by Crippen LogP contribution is 1.90. The first kappa shape index (κ1) is 10.1. The molecule has 1 fully saturated rings. The number of carbonyl (C=O) groups is 2. The minimum absolute atomic E-state index is 0.0426. The number of carbonyl (C=O) groups excluding carboxylic acids is 2. The van der Waals surface area contributed by atoms with Crippen LogP contribution in [0.2, 0.25) is 0 Å². The molecule has 74 valence electrons. The van der Waals surface area contributed by atoms with Crippen LogP contribution < -0.4 is 10.6 Å². The van der Waals surface area contributed by atoms with Crippen molar-refractivity contribution in [3.63, 3.8) is 0 Å². The van der Waals surface area contributed by atoms with E-state index in [0.29, 0.717) is 12.6 Å². The Morgan fingerprint density at radius 2 is 2.38 bits per heavy atom. The van der Waals surface area contributed by atoms with E-state index in [-0.39, 0.29) is 12.5 Å². The summed E-state index contributed by atoms with van der Waals surface area (Å²) in [6.45, 7) is 2.33. The number of nitrogens with zero attached hydrogens (tertiary/aromatic N) is 1. The topological polar surface area (TPSA) is 61.4 Å². The maximum absolute atomic E-state index is 11.3. The Labute approximate surface area is 77.5 Å². The summed E-state index contributed by atoms with van der Waals surface area (Å²) in [5.41, 5.74) is 0. The molecule has 0 atom stereocenters. The van der Waals surface area contributed by atoms with Gasteiger partial charge in [-0.2, -0.15) is 0 Å². The maximum Gasteiger partial charge on any atom is 0.236 e. The molecule has 0 aromatic carbocycles. The van der Waals surface area contributed by atoms with Gasteiger partial charge in [-0.1, -0.05) is 0 Å². The highest BCUT2D eigenvalue weighted by Gasteiger charge is 2.17. The predicted octanol–water partition coefficient (Wildman–Crippen LogP) is -1.79. The standard InChI is InChI=1S/C8H15N3O2/c1-11(2-3-12)8(13)6-10-7-4-9-5-7/h3,7,9-10H,2,4-6H2,1H3. The van der Waals surface area contributed by atoms with Gasteiger partial charge in [0, 0.05) is 26.2 Å². The lowest BCUT2D eigenvalue weighted by Gasteiger charge is -2.28. The molecule has 13 heavy (non-hydrogen) atoms. The molecule has 1 aliphatic heterocycles. The average Bonchev–Trinajstić information content (AvgIpc) is 2.01. The number of nitrogens with one attached hydrogen (secondary N) is 2. The normalized spacial score (nSPS) is 16.4. The largest absolute Gasteiger partial charge is 0.338 e. The summed E-state index contributed by atoms with van der Waals surface area (Å²) in [7, 11) is 1.62. The summed E-state index contributed by atoms with van der Waals surface area (Å²) in [6, 6.07) is 0.411. The molecule has 1 saturated heterocycles. The van der Waals surface area contributed by atoms with Gasteiger partial charge in [0.15, 0.2) is 0 Å². The van der Waals surface area contributed by atoms with E-state index in [0.717, 1.165) is 19.4 Å². The Balaban J connectivity index is 2.11. The Morgan fingerprint density at radius 3 is 2.85 bits per heavy atom. The SMILES string of the molecule is CN(CC=O)C(=O)CNC1CNC1. The number of amides is 1. The van der Waals surface area contributed by atoms with Gasteiger partial charge in [-0.3, -0.25) is 4.79 Å². The van der Waals surface area contributed by atoms with E-state index in [1.165, 1.54) is 4.90 Å². The molecular weight excluding hydrogens is 170 g/mol. The number of likely N-dealkylation sites (N-methyl/N-ethyl adjacent to an activating group) is 1. The van der Waals surface area contributed by atoms with Gasteiger partial charge in [0.2, 0.25) is 5.91 Å². The fraction of sp³-hybridized carbons (Fsp3) is 0.750. The zero-order valence-corrected chi connectivity index (χ0v) is 7.75.